The first-order valence-electron chi connectivity index (χ1n) is 17.5. The van der Waals surface area contributed by atoms with E-state index in [1.807, 2.05) is 3.28 Å². The van der Waals surface area contributed by atoms with Crippen molar-refractivity contribution >= 4 is 14.4 Å². The van der Waals surface area contributed by atoms with Gasteiger partial charge in [0.05, 0.1) is 0 Å². The summed E-state index contributed by atoms with van der Waals surface area (Å²) in [5.41, 5.74) is 20.0. The monoisotopic (exact) mass is 752 g/mol. The van der Waals surface area contributed by atoms with E-state index in [9.17, 15) is 0 Å². The second-order valence-corrected chi connectivity index (χ2v) is 23.4. The van der Waals surface area contributed by atoms with Gasteiger partial charge >= 0.3 is 288 Å². The van der Waals surface area contributed by atoms with E-state index in [0.29, 0.717) is 9.54 Å². The predicted octanol–water partition coefficient (Wildman–Crippen LogP) is 6.30. The summed E-state index contributed by atoms with van der Waals surface area (Å²) in [5.74, 6) is 0.481. The van der Waals surface area contributed by atoms with Gasteiger partial charge in [-0.25, -0.2) is 0 Å². The topological polar surface area (TPSA) is 0 Å². The van der Waals surface area contributed by atoms with E-state index >= 15 is 0 Å². The molecule has 0 amide bonds. The van der Waals surface area contributed by atoms with Crippen LogP contribution in [0.4, 0.5) is 0 Å². The molecule has 3 aromatic rings. The van der Waals surface area contributed by atoms with Gasteiger partial charge < -0.3 is 24.8 Å². The summed E-state index contributed by atoms with van der Waals surface area (Å²) in [6.07, 6.45) is 8.76. The molecule has 0 radical (unpaired) electrons. The molecule has 4 aliphatic rings. The van der Waals surface area contributed by atoms with Gasteiger partial charge in [-0.15, -0.1) is 0 Å². The first-order valence-corrected chi connectivity index (χ1v) is 21.4. The quantitative estimate of drug-likeness (QED) is 0.294. The van der Waals surface area contributed by atoms with Crippen molar-refractivity contribution < 1.29 is 46.1 Å². The Balaban J connectivity index is 0.00000225. The van der Waals surface area contributed by atoms with E-state index in [0.717, 1.165) is 6.42 Å². The molecule has 0 aromatic heterocycles. The van der Waals surface area contributed by atoms with Crippen LogP contribution in [0.25, 0.3) is 22.3 Å². The standard InChI is InChI=1S/C25H25.C12H19.C8H8.2ClH.Zr/c1-14-12-24(3,4)22-8-16-7-17-9-23-19(15(2)13-25(23,5)6)11-21(17)20(16)10-18(14)22;1-6-10-7-9(2)8-11(10)12(3,4)5;1-2-8-6-4-3-5-7-8;;;/h7-13H,1-6H3;8-9H,6H2,1-5H3;3-7H,1H3;2*1H;/q;;;;;+2/p-2. The van der Waals surface area contributed by atoms with Gasteiger partial charge in [0, 0.05) is 0 Å². The number of halogens is 2. The summed E-state index contributed by atoms with van der Waals surface area (Å²) in [6.45, 7) is 29.0. The van der Waals surface area contributed by atoms with Crippen LogP contribution in [-0.4, -0.2) is 3.21 Å². The fourth-order valence-electron chi connectivity index (χ4n) is 9.53. The Bertz CT molecular complexity index is 1900. The van der Waals surface area contributed by atoms with Crippen LogP contribution >= 0.6 is 0 Å². The Morgan fingerprint density at radius 1 is 0.750 bits per heavy atom. The van der Waals surface area contributed by atoms with E-state index in [2.05, 4.69) is 156 Å². The number of benzene rings is 3. The second kappa shape index (κ2) is 12.6. The smallest absolute Gasteiger partial charge is 1.00 e. The summed E-state index contributed by atoms with van der Waals surface area (Å²) >= 11 is -2.71. The van der Waals surface area contributed by atoms with Crippen molar-refractivity contribution in [1.82, 2.24) is 0 Å². The number of rotatable bonds is 4. The molecule has 0 fully saturated rings. The molecule has 250 valence electrons. The van der Waals surface area contributed by atoms with Crippen molar-refractivity contribution in [2.45, 2.75) is 104 Å². The van der Waals surface area contributed by atoms with Crippen molar-refractivity contribution in [2.24, 2.45) is 11.3 Å². The molecule has 0 nitrogen and oxygen atoms in total. The Kier molecular flexibility index (Phi) is 9.78. The van der Waals surface area contributed by atoms with E-state index in [4.69, 9.17) is 0 Å². The minimum atomic E-state index is -2.71. The van der Waals surface area contributed by atoms with Crippen LogP contribution in [-0.2, 0) is 32.1 Å². The van der Waals surface area contributed by atoms with Crippen LogP contribution in [0.3, 0.4) is 0 Å². The van der Waals surface area contributed by atoms with Gasteiger partial charge in [-0.3, -0.25) is 0 Å². The zero-order valence-electron chi connectivity index (χ0n) is 31.0. The van der Waals surface area contributed by atoms with Crippen LogP contribution in [0.5, 0.6) is 0 Å². The fourth-order valence-corrected chi connectivity index (χ4v) is 19.2. The maximum Gasteiger partial charge on any atom is -1.00 e. The van der Waals surface area contributed by atoms with Crippen molar-refractivity contribution in [3.8, 4) is 11.1 Å². The zero-order valence-corrected chi connectivity index (χ0v) is 35.0. The molecular weight excluding hydrogens is 703 g/mol. The van der Waals surface area contributed by atoms with Gasteiger partial charge in [-0.2, -0.15) is 0 Å². The van der Waals surface area contributed by atoms with Crippen LogP contribution in [0.15, 0.2) is 87.3 Å². The molecule has 1 unspecified atom stereocenters. The van der Waals surface area contributed by atoms with E-state index in [1.165, 1.54) is 50.1 Å². The molecule has 0 N–H and O–H groups in total. The third-order valence-electron chi connectivity index (χ3n) is 11.6. The Morgan fingerprint density at radius 3 is 1.67 bits per heavy atom. The molecule has 0 spiro atoms. The summed E-state index contributed by atoms with van der Waals surface area (Å²) in [6, 6.07) is 22.0. The third kappa shape index (κ3) is 5.64. The van der Waals surface area contributed by atoms with E-state index < -0.39 is 21.3 Å². The van der Waals surface area contributed by atoms with Gasteiger partial charge in [0.1, 0.15) is 0 Å². The van der Waals surface area contributed by atoms with Crippen molar-refractivity contribution in [3.63, 3.8) is 0 Å². The van der Waals surface area contributed by atoms with Gasteiger partial charge in [-0.1, -0.05) is 0 Å². The van der Waals surface area contributed by atoms with E-state index in [-0.39, 0.29) is 41.1 Å². The average Bonchev–Trinajstić information content (AvgIpc) is 3.64. The third-order valence-corrected chi connectivity index (χ3v) is 20.5. The largest absolute Gasteiger partial charge is 1.00 e. The van der Waals surface area contributed by atoms with Crippen LogP contribution in [0.1, 0.15) is 132 Å². The Morgan fingerprint density at radius 2 is 1.23 bits per heavy atom. The summed E-state index contributed by atoms with van der Waals surface area (Å²) < 4.78 is 3.97. The fraction of sp³-hybridized carbons (Fsp3) is 0.400. The van der Waals surface area contributed by atoms with Gasteiger partial charge in [0.2, 0.25) is 0 Å². The molecule has 0 saturated heterocycles. The molecule has 0 saturated carbocycles. The minimum absolute atomic E-state index is 0. The zero-order chi connectivity index (χ0) is 33.1. The van der Waals surface area contributed by atoms with Crippen molar-refractivity contribution in [3.05, 3.63) is 126 Å². The van der Waals surface area contributed by atoms with Gasteiger partial charge in [0.15, 0.2) is 0 Å². The minimum Gasteiger partial charge on any atom is -1.00 e. The number of hydrogen-bond donors (Lipinski definition) is 0. The first kappa shape index (κ1) is 37.2. The molecular formula is C45H52Cl2Zr. The van der Waals surface area contributed by atoms with Crippen LogP contribution in [0.2, 0.25) is 0 Å². The molecule has 7 rings (SSSR count). The molecule has 3 heteroatoms. The van der Waals surface area contributed by atoms with Crippen LogP contribution in [0, 0.1) is 11.3 Å². The summed E-state index contributed by atoms with van der Waals surface area (Å²) in [4.78, 5) is 0. The van der Waals surface area contributed by atoms with Crippen molar-refractivity contribution in [2.75, 3.05) is 0 Å². The molecule has 4 aliphatic carbocycles. The molecule has 1 atom stereocenters. The second-order valence-electron chi connectivity index (χ2n) is 16.8. The van der Waals surface area contributed by atoms with E-state index in [1.54, 1.807) is 25.5 Å². The molecule has 48 heavy (non-hydrogen) atoms. The Labute approximate surface area is 310 Å². The number of allylic oxidation sites excluding steroid dienone is 8. The molecule has 3 aromatic carbocycles. The van der Waals surface area contributed by atoms with Crippen molar-refractivity contribution in [1.29, 1.82) is 0 Å². The molecule has 0 heterocycles. The molecule has 0 bridgehead atoms. The normalized spacial score (nSPS) is 20.1. The maximum absolute atomic E-state index is 2.71. The molecule has 0 aliphatic heterocycles. The van der Waals surface area contributed by atoms with Gasteiger partial charge in [-0.05, 0) is 0 Å². The number of fused-ring (bicyclic) bond motifs is 5. The number of hydrogen-bond acceptors (Lipinski definition) is 0. The first-order chi connectivity index (χ1) is 21.5. The van der Waals surface area contributed by atoms with Gasteiger partial charge in [0.25, 0.3) is 0 Å². The summed E-state index contributed by atoms with van der Waals surface area (Å²) in [5, 5.41) is 0. The average molecular weight is 755 g/mol. The van der Waals surface area contributed by atoms with Crippen LogP contribution < -0.4 is 24.8 Å². The Hall–Kier alpha value is -2.05. The maximum atomic E-state index is 2.68. The summed E-state index contributed by atoms with van der Waals surface area (Å²) in [7, 11) is 0. The SMILES string of the molecule is CCC1=[C](/[Zr+2](=[C](/C)c2ccccc2)[CH]2c3cc4c(cc3-c3cc5c(cc32)C(C)(C)C=C5C)C(C)=CC4(C)C)C(C)C=C1C(C)(C)C.[Cl-].[Cl-]. The predicted molar refractivity (Wildman–Crippen MR) is 197 cm³/mol.